The summed E-state index contributed by atoms with van der Waals surface area (Å²) in [6, 6.07) is 7.43. The van der Waals surface area contributed by atoms with Crippen LogP contribution in [0.4, 0.5) is 0 Å². The standard InChI is InChI=1S/C15H13I2N3O2/c1-9-3-4-10(7-18-9)15(21)20-19-8-11-5-12(16)6-13(17)14(11)22-2/h3-8H,1-2H3,(H,20,21). The van der Waals surface area contributed by atoms with E-state index in [1.54, 1.807) is 25.5 Å². The first kappa shape index (κ1) is 17.1. The van der Waals surface area contributed by atoms with Crippen molar-refractivity contribution in [3.63, 3.8) is 0 Å². The number of nitrogens with one attached hydrogen (secondary N) is 1. The van der Waals surface area contributed by atoms with Gasteiger partial charge in [0.1, 0.15) is 5.75 Å². The van der Waals surface area contributed by atoms with Crippen molar-refractivity contribution in [2.45, 2.75) is 6.92 Å². The number of aromatic nitrogens is 1. The van der Waals surface area contributed by atoms with Crippen molar-refractivity contribution < 1.29 is 9.53 Å². The Morgan fingerprint density at radius 1 is 1.36 bits per heavy atom. The molecular formula is C15H13I2N3O2. The number of methoxy groups -OCH3 is 1. The van der Waals surface area contributed by atoms with Crippen molar-refractivity contribution >= 4 is 57.3 Å². The molecule has 1 aromatic carbocycles. The molecule has 2 aromatic rings. The molecule has 0 spiro atoms. The van der Waals surface area contributed by atoms with Crippen molar-refractivity contribution in [2.75, 3.05) is 7.11 Å². The Bertz CT molecular complexity index is 715. The first-order valence-corrected chi connectivity index (χ1v) is 8.46. The minimum atomic E-state index is -0.303. The maximum absolute atomic E-state index is 11.9. The summed E-state index contributed by atoms with van der Waals surface area (Å²) in [6.07, 6.45) is 3.10. The highest BCUT2D eigenvalue weighted by molar-refractivity contribution is 14.1. The van der Waals surface area contributed by atoms with Gasteiger partial charge < -0.3 is 4.74 Å². The highest BCUT2D eigenvalue weighted by Crippen LogP contribution is 2.26. The van der Waals surface area contributed by atoms with E-state index in [1.165, 1.54) is 6.20 Å². The number of aryl methyl sites for hydroxylation is 1. The van der Waals surface area contributed by atoms with Crippen LogP contribution in [-0.2, 0) is 0 Å². The van der Waals surface area contributed by atoms with Gasteiger partial charge >= 0.3 is 0 Å². The molecule has 0 unspecified atom stereocenters. The van der Waals surface area contributed by atoms with E-state index in [0.717, 1.165) is 24.1 Å². The van der Waals surface area contributed by atoms with Gasteiger partial charge in [-0.2, -0.15) is 5.10 Å². The molecule has 7 heteroatoms. The summed E-state index contributed by atoms with van der Waals surface area (Å²) in [4.78, 5) is 16.0. The monoisotopic (exact) mass is 521 g/mol. The Labute approximate surface area is 155 Å². The predicted octanol–water partition coefficient (Wildman–Crippen LogP) is 3.37. The summed E-state index contributed by atoms with van der Waals surface area (Å²) in [5, 5.41) is 3.99. The Morgan fingerprint density at radius 2 is 2.14 bits per heavy atom. The zero-order valence-electron chi connectivity index (χ0n) is 11.9. The molecule has 1 aromatic heterocycles. The van der Waals surface area contributed by atoms with Gasteiger partial charge in [-0.3, -0.25) is 9.78 Å². The number of carbonyl (C=O) groups is 1. The number of benzene rings is 1. The average Bonchev–Trinajstić information content (AvgIpc) is 2.47. The molecule has 22 heavy (non-hydrogen) atoms. The van der Waals surface area contributed by atoms with Gasteiger partial charge in [0, 0.05) is 21.0 Å². The number of pyridine rings is 1. The van der Waals surface area contributed by atoms with E-state index in [1.807, 2.05) is 19.1 Å². The van der Waals surface area contributed by atoms with E-state index in [4.69, 9.17) is 4.74 Å². The SMILES string of the molecule is COc1c(I)cc(I)cc1C=NNC(=O)c1ccc(C)nc1. The molecule has 2 rings (SSSR count). The van der Waals surface area contributed by atoms with Crippen LogP contribution in [-0.4, -0.2) is 24.2 Å². The lowest BCUT2D eigenvalue weighted by Crippen LogP contribution is -2.17. The quantitative estimate of drug-likeness (QED) is 0.382. The zero-order valence-corrected chi connectivity index (χ0v) is 16.2. The van der Waals surface area contributed by atoms with Gasteiger partial charge in [-0.25, -0.2) is 5.43 Å². The number of ether oxygens (including phenoxy) is 1. The second kappa shape index (κ2) is 7.86. The summed E-state index contributed by atoms with van der Waals surface area (Å²) in [7, 11) is 1.61. The topological polar surface area (TPSA) is 63.6 Å². The van der Waals surface area contributed by atoms with Gasteiger partial charge in [-0.15, -0.1) is 0 Å². The second-order valence-corrected chi connectivity index (χ2v) is 6.81. The van der Waals surface area contributed by atoms with Crippen molar-refractivity contribution in [2.24, 2.45) is 5.10 Å². The molecule has 1 amide bonds. The third-order valence-electron chi connectivity index (χ3n) is 2.78. The van der Waals surface area contributed by atoms with E-state index in [0.29, 0.717) is 5.56 Å². The second-order valence-electron chi connectivity index (χ2n) is 4.40. The van der Waals surface area contributed by atoms with Crippen LogP contribution in [0.5, 0.6) is 5.75 Å². The maximum atomic E-state index is 11.9. The van der Waals surface area contributed by atoms with Gasteiger partial charge in [0.05, 0.1) is 22.5 Å². The van der Waals surface area contributed by atoms with Crippen LogP contribution in [0.2, 0.25) is 0 Å². The van der Waals surface area contributed by atoms with Crippen molar-refractivity contribution in [1.29, 1.82) is 0 Å². The molecule has 0 aliphatic rings. The lowest BCUT2D eigenvalue weighted by atomic mass is 10.2. The van der Waals surface area contributed by atoms with Gasteiger partial charge in [-0.1, -0.05) is 0 Å². The number of carbonyl (C=O) groups excluding carboxylic acids is 1. The summed E-state index contributed by atoms with van der Waals surface area (Å²) >= 11 is 4.43. The molecule has 0 saturated carbocycles. The summed E-state index contributed by atoms with van der Waals surface area (Å²) in [5.74, 6) is 0.430. The van der Waals surface area contributed by atoms with Crippen LogP contribution < -0.4 is 10.2 Å². The fraction of sp³-hybridized carbons (Fsp3) is 0.133. The number of hydrazone groups is 1. The zero-order chi connectivity index (χ0) is 16.1. The summed E-state index contributed by atoms with van der Waals surface area (Å²) < 4.78 is 7.42. The molecule has 0 fully saturated rings. The first-order valence-electron chi connectivity index (χ1n) is 6.30. The van der Waals surface area contributed by atoms with Crippen LogP contribution in [0, 0.1) is 14.1 Å². The summed E-state index contributed by atoms with van der Waals surface area (Å²) in [5.41, 5.74) is 4.62. The average molecular weight is 521 g/mol. The lowest BCUT2D eigenvalue weighted by Gasteiger charge is -2.07. The third kappa shape index (κ3) is 4.38. The van der Waals surface area contributed by atoms with Crippen LogP contribution in [0.25, 0.3) is 0 Å². The molecule has 0 bridgehead atoms. The molecule has 0 radical (unpaired) electrons. The van der Waals surface area contributed by atoms with E-state index in [2.05, 4.69) is 60.7 Å². The van der Waals surface area contributed by atoms with Gasteiger partial charge in [0.15, 0.2) is 0 Å². The first-order chi connectivity index (χ1) is 10.5. The fourth-order valence-corrected chi connectivity index (χ4v) is 3.83. The number of amides is 1. The number of hydrogen-bond acceptors (Lipinski definition) is 4. The minimum Gasteiger partial charge on any atom is -0.495 e. The van der Waals surface area contributed by atoms with Gasteiger partial charge in [0.25, 0.3) is 5.91 Å². The maximum Gasteiger partial charge on any atom is 0.272 e. The van der Waals surface area contributed by atoms with Gasteiger partial charge in [0.2, 0.25) is 0 Å². The highest BCUT2D eigenvalue weighted by atomic mass is 127. The number of halogens is 2. The van der Waals surface area contributed by atoms with E-state index in [-0.39, 0.29) is 5.91 Å². The van der Waals surface area contributed by atoms with Crippen molar-refractivity contribution in [1.82, 2.24) is 10.4 Å². The fourth-order valence-electron chi connectivity index (χ4n) is 1.72. The van der Waals surface area contributed by atoms with E-state index in [9.17, 15) is 4.79 Å². The Morgan fingerprint density at radius 3 is 2.77 bits per heavy atom. The van der Waals surface area contributed by atoms with Gasteiger partial charge in [-0.05, 0) is 76.4 Å². The number of hydrogen-bond donors (Lipinski definition) is 1. The molecule has 1 heterocycles. The molecule has 1 N–H and O–H groups in total. The Balaban J connectivity index is 2.12. The summed E-state index contributed by atoms with van der Waals surface area (Å²) in [6.45, 7) is 1.87. The highest BCUT2D eigenvalue weighted by Gasteiger charge is 2.08. The third-order valence-corrected chi connectivity index (χ3v) is 4.21. The molecule has 0 aliphatic carbocycles. The smallest absolute Gasteiger partial charge is 0.272 e. The van der Waals surface area contributed by atoms with Crippen LogP contribution in [0.1, 0.15) is 21.6 Å². The molecule has 0 atom stereocenters. The van der Waals surface area contributed by atoms with Crippen LogP contribution in [0.15, 0.2) is 35.6 Å². The molecule has 0 aliphatic heterocycles. The molecule has 114 valence electrons. The largest absolute Gasteiger partial charge is 0.495 e. The van der Waals surface area contributed by atoms with Crippen LogP contribution >= 0.6 is 45.2 Å². The number of rotatable bonds is 4. The van der Waals surface area contributed by atoms with E-state index >= 15 is 0 Å². The minimum absolute atomic E-state index is 0.303. The predicted molar refractivity (Wildman–Crippen MR) is 102 cm³/mol. The van der Waals surface area contributed by atoms with E-state index < -0.39 is 0 Å². The van der Waals surface area contributed by atoms with Crippen molar-refractivity contribution in [3.8, 4) is 5.75 Å². The van der Waals surface area contributed by atoms with Crippen LogP contribution in [0.3, 0.4) is 0 Å². The number of nitrogens with zero attached hydrogens (tertiary/aromatic N) is 2. The Hall–Kier alpha value is -1.23. The Kier molecular flexibility index (Phi) is 6.12. The molecule has 0 saturated heterocycles. The lowest BCUT2D eigenvalue weighted by molar-refractivity contribution is 0.0955. The molecular weight excluding hydrogens is 508 g/mol. The normalized spacial score (nSPS) is 10.7. The molecule has 5 nitrogen and oxygen atoms in total. The van der Waals surface area contributed by atoms with Crippen molar-refractivity contribution in [3.05, 3.63) is 54.4 Å².